The van der Waals surface area contributed by atoms with Gasteiger partial charge in [-0.15, -0.1) is 22.7 Å². The Morgan fingerprint density at radius 1 is 1.42 bits per heavy atom. The molecule has 2 bridgehead atoms. The number of hydrogen-bond acceptors (Lipinski definition) is 4. The lowest BCUT2D eigenvalue weighted by molar-refractivity contribution is 0.0708. The molecule has 5 heteroatoms. The first-order valence-corrected chi connectivity index (χ1v) is 8.31. The smallest absolute Gasteiger partial charge is 0.265 e. The highest BCUT2D eigenvalue weighted by Crippen LogP contribution is 2.39. The van der Waals surface area contributed by atoms with Gasteiger partial charge in [0, 0.05) is 12.6 Å². The predicted octanol–water partition coefficient (Wildman–Crippen LogP) is 3.50. The van der Waals surface area contributed by atoms with E-state index in [1.165, 1.54) is 30.6 Å². The van der Waals surface area contributed by atoms with Gasteiger partial charge in [-0.2, -0.15) is 0 Å². The van der Waals surface area contributed by atoms with Gasteiger partial charge in [-0.3, -0.25) is 4.79 Å². The molecule has 2 fully saturated rings. The molecular weight excluding hydrogens is 276 g/mol. The lowest BCUT2D eigenvalue weighted by atomic mass is 10.1. The first-order chi connectivity index (χ1) is 9.31. The van der Waals surface area contributed by atoms with E-state index in [-0.39, 0.29) is 5.91 Å². The minimum absolute atomic E-state index is 0.188. The van der Waals surface area contributed by atoms with Crippen LogP contribution in [0.25, 0.3) is 9.88 Å². The van der Waals surface area contributed by atoms with E-state index in [0.29, 0.717) is 6.04 Å². The van der Waals surface area contributed by atoms with Crippen LogP contribution in [0.4, 0.5) is 0 Å². The molecule has 0 N–H and O–H groups in total. The summed E-state index contributed by atoms with van der Waals surface area (Å²) in [5, 5.41) is 3.00. The molecule has 2 unspecified atom stereocenters. The third-order valence-electron chi connectivity index (χ3n) is 4.12. The fourth-order valence-electron chi connectivity index (χ4n) is 3.20. The summed E-state index contributed by atoms with van der Waals surface area (Å²) in [7, 11) is 0. The van der Waals surface area contributed by atoms with Gasteiger partial charge in [-0.05, 0) is 36.6 Å². The van der Waals surface area contributed by atoms with Gasteiger partial charge in [0.15, 0.2) is 0 Å². The normalized spacial score (nSPS) is 25.2. The maximum absolute atomic E-state index is 12.5. The summed E-state index contributed by atoms with van der Waals surface area (Å²) in [5.41, 5.74) is 0. The number of thiazole rings is 1. The van der Waals surface area contributed by atoms with Crippen LogP contribution in [0, 0.1) is 5.92 Å². The van der Waals surface area contributed by atoms with Crippen molar-refractivity contribution in [1.29, 1.82) is 0 Å². The third-order valence-corrected chi connectivity index (χ3v) is 6.14. The molecule has 3 nitrogen and oxygen atoms in total. The quantitative estimate of drug-likeness (QED) is 0.848. The van der Waals surface area contributed by atoms with Crippen LogP contribution in [-0.2, 0) is 0 Å². The molecule has 1 aliphatic carbocycles. The first-order valence-electron chi connectivity index (χ1n) is 6.62. The molecule has 1 aliphatic heterocycles. The van der Waals surface area contributed by atoms with Crippen LogP contribution >= 0.6 is 22.7 Å². The number of amides is 1. The highest BCUT2D eigenvalue weighted by molar-refractivity contribution is 7.21. The standard InChI is InChI=1S/C14H14N2OS2/c17-14(16-8-9-3-4-10(16)6-9)12-7-15-13(19-12)11-2-1-5-18-11/h1-2,5,7,9-10H,3-4,6,8H2. The molecule has 0 radical (unpaired) electrons. The average molecular weight is 290 g/mol. The third kappa shape index (κ3) is 1.92. The Labute approximate surface area is 119 Å². The van der Waals surface area contributed by atoms with Gasteiger partial charge in [0.2, 0.25) is 0 Å². The van der Waals surface area contributed by atoms with Crippen LogP contribution in [0.5, 0.6) is 0 Å². The number of piperidine rings is 1. The maximum atomic E-state index is 12.5. The number of nitrogens with zero attached hydrogens (tertiary/aromatic N) is 2. The molecule has 4 rings (SSSR count). The minimum atomic E-state index is 0.188. The number of rotatable bonds is 2. The van der Waals surface area contributed by atoms with Gasteiger partial charge in [0.05, 0.1) is 11.1 Å². The van der Waals surface area contributed by atoms with Crippen LogP contribution < -0.4 is 0 Å². The van der Waals surface area contributed by atoms with Crippen molar-refractivity contribution in [2.75, 3.05) is 6.54 Å². The number of hydrogen-bond donors (Lipinski definition) is 0. The molecule has 98 valence electrons. The Morgan fingerprint density at radius 2 is 2.37 bits per heavy atom. The molecule has 19 heavy (non-hydrogen) atoms. The highest BCUT2D eigenvalue weighted by atomic mass is 32.1. The summed E-state index contributed by atoms with van der Waals surface area (Å²) < 4.78 is 0. The van der Waals surface area contributed by atoms with Gasteiger partial charge in [0.1, 0.15) is 9.88 Å². The van der Waals surface area contributed by atoms with Crippen molar-refractivity contribution in [2.24, 2.45) is 5.92 Å². The SMILES string of the molecule is O=C(c1cnc(-c2cccs2)s1)N1CC2CCC1C2. The lowest BCUT2D eigenvalue weighted by Crippen LogP contribution is -2.37. The molecule has 1 amide bonds. The van der Waals surface area contributed by atoms with Crippen molar-refractivity contribution < 1.29 is 4.79 Å². The Bertz CT molecular complexity index is 605. The van der Waals surface area contributed by atoms with Gasteiger partial charge >= 0.3 is 0 Å². The number of fused-ring (bicyclic) bond motifs is 2. The molecule has 3 heterocycles. The number of likely N-dealkylation sites (tertiary alicyclic amines) is 1. The van der Waals surface area contributed by atoms with E-state index < -0.39 is 0 Å². The average Bonchev–Trinajstić information content (AvgIpc) is 3.18. The summed E-state index contributed by atoms with van der Waals surface area (Å²) >= 11 is 3.19. The van der Waals surface area contributed by atoms with Gasteiger partial charge in [-0.25, -0.2) is 4.98 Å². The zero-order valence-corrected chi connectivity index (χ0v) is 12.0. The summed E-state index contributed by atoms with van der Waals surface area (Å²) in [6, 6.07) is 4.56. The van der Waals surface area contributed by atoms with E-state index >= 15 is 0 Å². The minimum Gasteiger partial charge on any atom is -0.335 e. The van der Waals surface area contributed by atoms with E-state index in [9.17, 15) is 4.79 Å². The molecule has 2 aromatic heterocycles. The highest BCUT2D eigenvalue weighted by Gasteiger charge is 2.40. The van der Waals surface area contributed by atoms with Crippen LogP contribution in [0.2, 0.25) is 0 Å². The monoisotopic (exact) mass is 290 g/mol. The van der Waals surface area contributed by atoms with Gasteiger partial charge in [-0.1, -0.05) is 6.07 Å². The molecule has 0 spiro atoms. The molecular formula is C14H14N2OS2. The van der Waals surface area contributed by atoms with E-state index in [1.807, 2.05) is 11.4 Å². The van der Waals surface area contributed by atoms with Crippen LogP contribution in [0.15, 0.2) is 23.7 Å². The maximum Gasteiger partial charge on any atom is 0.265 e. The summed E-state index contributed by atoms with van der Waals surface area (Å²) in [4.78, 5) is 20.9. The Hall–Kier alpha value is -1.20. The molecule has 2 atom stereocenters. The second kappa shape index (κ2) is 4.42. The first kappa shape index (κ1) is 11.6. The lowest BCUT2D eigenvalue weighted by Gasteiger charge is -2.26. The fourth-order valence-corrected chi connectivity index (χ4v) is 4.88. The second-order valence-corrected chi connectivity index (χ2v) is 7.28. The zero-order chi connectivity index (χ0) is 12.8. The molecule has 1 saturated heterocycles. The Balaban J connectivity index is 1.58. The van der Waals surface area contributed by atoms with E-state index in [0.717, 1.165) is 27.2 Å². The Morgan fingerprint density at radius 3 is 3.05 bits per heavy atom. The number of aromatic nitrogens is 1. The van der Waals surface area contributed by atoms with Crippen LogP contribution in [-0.4, -0.2) is 28.4 Å². The van der Waals surface area contributed by atoms with Crippen molar-refractivity contribution in [2.45, 2.75) is 25.3 Å². The number of thiophene rings is 1. The molecule has 0 aromatic carbocycles. The van der Waals surface area contributed by atoms with Crippen molar-refractivity contribution in [3.63, 3.8) is 0 Å². The van der Waals surface area contributed by atoms with E-state index in [2.05, 4.69) is 16.0 Å². The predicted molar refractivity (Wildman–Crippen MR) is 77.6 cm³/mol. The summed E-state index contributed by atoms with van der Waals surface area (Å²) in [6.07, 6.45) is 5.45. The van der Waals surface area contributed by atoms with Gasteiger partial charge in [0.25, 0.3) is 5.91 Å². The van der Waals surface area contributed by atoms with E-state index in [4.69, 9.17) is 0 Å². The topological polar surface area (TPSA) is 33.2 Å². The van der Waals surface area contributed by atoms with Crippen molar-refractivity contribution in [3.8, 4) is 9.88 Å². The number of carbonyl (C=O) groups excluding carboxylic acids is 1. The van der Waals surface area contributed by atoms with Crippen molar-refractivity contribution in [3.05, 3.63) is 28.6 Å². The molecule has 1 saturated carbocycles. The summed E-state index contributed by atoms with van der Waals surface area (Å²) in [6.45, 7) is 0.954. The summed E-state index contributed by atoms with van der Waals surface area (Å²) in [5.74, 6) is 0.936. The largest absolute Gasteiger partial charge is 0.335 e. The molecule has 2 aliphatic rings. The van der Waals surface area contributed by atoms with Crippen molar-refractivity contribution >= 4 is 28.6 Å². The van der Waals surface area contributed by atoms with Crippen LogP contribution in [0.1, 0.15) is 28.9 Å². The van der Waals surface area contributed by atoms with Crippen molar-refractivity contribution in [1.82, 2.24) is 9.88 Å². The molecule has 2 aromatic rings. The number of carbonyl (C=O) groups is 1. The fraction of sp³-hybridized carbons (Fsp3) is 0.429. The zero-order valence-electron chi connectivity index (χ0n) is 10.4. The van der Waals surface area contributed by atoms with Gasteiger partial charge < -0.3 is 4.90 Å². The second-order valence-electron chi connectivity index (χ2n) is 5.30. The van der Waals surface area contributed by atoms with Crippen LogP contribution in [0.3, 0.4) is 0 Å². The van der Waals surface area contributed by atoms with E-state index in [1.54, 1.807) is 17.5 Å². The Kier molecular flexibility index (Phi) is 2.70.